The zero-order valence-electron chi connectivity index (χ0n) is 11.1. The average molecular weight is 250 g/mol. The lowest BCUT2D eigenvalue weighted by molar-refractivity contribution is 0.112. The molecule has 1 aromatic rings. The fourth-order valence-corrected chi connectivity index (χ4v) is 2.73. The Kier molecular flexibility index (Phi) is 3.66. The summed E-state index contributed by atoms with van der Waals surface area (Å²) in [6.45, 7) is 3.98. The Morgan fingerprint density at radius 1 is 1.39 bits per heavy atom. The van der Waals surface area contributed by atoms with Gasteiger partial charge in [-0.25, -0.2) is 4.39 Å². The molecular formula is C14H19FN2O. The van der Waals surface area contributed by atoms with E-state index >= 15 is 0 Å². The molecule has 1 saturated heterocycles. The molecule has 3 nitrogen and oxygen atoms in total. The van der Waals surface area contributed by atoms with E-state index in [1.807, 2.05) is 0 Å². The number of carbonyl (C=O) groups is 1. The van der Waals surface area contributed by atoms with E-state index < -0.39 is 0 Å². The highest BCUT2D eigenvalue weighted by atomic mass is 19.1. The normalized spacial score (nSPS) is 23.7. The first kappa shape index (κ1) is 13.0. The van der Waals surface area contributed by atoms with Gasteiger partial charge in [-0.15, -0.1) is 0 Å². The molecule has 18 heavy (non-hydrogen) atoms. The van der Waals surface area contributed by atoms with Crippen molar-refractivity contribution in [2.75, 3.05) is 32.1 Å². The minimum atomic E-state index is -0.364. The van der Waals surface area contributed by atoms with E-state index in [9.17, 15) is 9.18 Å². The largest absolute Gasteiger partial charge is 0.369 e. The molecule has 2 rings (SSSR count). The molecule has 0 aliphatic carbocycles. The number of halogens is 1. The van der Waals surface area contributed by atoms with E-state index in [4.69, 9.17) is 0 Å². The van der Waals surface area contributed by atoms with E-state index in [1.54, 1.807) is 6.07 Å². The molecule has 1 aromatic carbocycles. The number of carbonyl (C=O) groups excluding carboxylic acids is 1. The summed E-state index contributed by atoms with van der Waals surface area (Å²) in [6, 6.07) is 4.88. The second-order valence-electron chi connectivity index (χ2n) is 5.23. The van der Waals surface area contributed by atoms with Crippen LogP contribution in [-0.2, 0) is 0 Å². The minimum Gasteiger partial charge on any atom is -0.369 e. The summed E-state index contributed by atoms with van der Waals surface area (Å²) in [4.78, 5) is 15.4. The van der Waals surface area contributed by atoms with Gasteiger partial charge < -0.3 is 9.80 Å². The predicted molar refractivity (Wildman–Crippen MR) is 70.6 cm³/mol. The predicted octanol–water partition coefficient (Wildman–Crippen LogP) is 2.02. The molecule has 4 heteroatoms. The van der Waals surface area contributed by atoms with Crippen molar-refractivity contribution in [3.8, 4) is 0 Å². The summed E-state index contributed by atoms with van der Waals surface area (Å²) in [5.74, 6) is 0.168. The van der Waals surface area contributed by atoms with Gasteiger partial charge in [0.15, 0.2) is 6.29 Å². The van der Waals surface area contributed by atoms with Gasteiger partial charge in [-0.1, -0.05) is 6.92 Å². The summed E-state index contributed by atoms with van der Waals surface area (Å²) >= 11 is 0. The standard InChI is InChI=1S/C14H19FN2O/c1-10-7-17(8-14(10)16(2)3)13-5-4-12(15)6-11(13)9-18/h4-6,9-10,14H,7-8H2,1-3H3. The highest BCUT2D eigenvalue weighted by molar-refractivity contribution is 5.84. The first-order chi connectivity index (χ1) is 8.52. The van der Waals surface area contributed by atoms with Crippen molar-refractivity contribution in [1.29, 1.82) is 0 Å². The van der Waals surface area contributed by atoms with Crippen molar-refractivity contribution < 1.29 is 9.18 Å². The molecule has 1 heterocycles. The number of rotatable bonds is 3. The second-order valence-corrected chi connectivity index (χ2v) is 5.23. The molecule has 0 saturated carbocycles. The fourth-order valence-electron chi connectivity index (χ4n) is 2.73. The van der Waals surface area contributed by atoms with Crippen molar-refractivity contribution in [3.63, 3.8) is 0 Å². The SMILES string of the molecule is CC1CN(c2ccc(F)cc2C=O)CC1N(C)C. The van der Waals surface area contributed by atoms with Gasteiger partial charge in [-0.3, -0.25) is 4.79 Å². The maximum absolute atomic E-state index is 13.1. The van der Waals surface area contributed by atoms with Crippen molar-refractivity contribution >= 4 is 12.0 Å². The van der Waals surface area contributed by atoms with E-state index in [0.717, 1.165) is 25.1 Å². The molecular weight excluding hydrogens is 231 g/mol. The average Bonchev–Trinajstić information content (AvgIpc) is 2.71. The van der Waals surface area contributed by atoms with Crippen LogP contribution in [0.15, 0.2) is 18.2 Å². The molecule has 0 bridgehead atoms. The summed E-state index contributed by atoms with van der Waals surface area (Å²) in [6.07, 6.45) is 0.728. The van der Waals surface area contributed by atoms with Gasteiger partial charge in [0.2, 0.25) is 0 Å². The Balaban J connectivity index is 2.26. The van der Waals surface area contributed by atoms with Gasteiger partial charge in [0.1, 0.15) is 5.82 Å². The molecule has 2 unspecified atom stereocenters. The summed E-state index contributed by atoms with van der Waals surface area (Å²) in [7, 11) is 4.13. The highest BCUT2D eigenvalue weighted by Gasteiger charge is 2.31. The van der Waals surface area contributed by atoms with Crippen LogP contribution in [0.2, 0.25) is 0 Å². The second kappa shape index (κ2) is 5.06. The van der Waals surface area contributed by atoms with Gasteiger partial charge in [-0.05, 0) is 38.2 Å². The molecule has 1 fully saturated rings. The molecule has 98 valence electrons. The Morgan fingerprint density at radius 3 is 2.67 bits per heavy atom. The van der Waals surface area contributed by atoms with E-state index in [0.29, 0.717) is 17.5 Å². The van der Waals surface area contributed by atoms with Gasteiger partial charge >= 0.3 is 0 Å². The Hall–Kier alpha value is -1.42. The molecule has 0 amide bonds. The quantitative estimate of drug-likeness (QED) is 0.767. The lowest BCUT2D eigenvalue weighted by atomic mass is 10.1. The van der Waals surface area contributed by atoms with Crippen LogP contribution in [0.5, 0.6) is 0 Å². The third-order valence-corrected chi connectivity index (χ3v) is 3.69. The van der Waals surface area contributed by atoms with Gasteiger partial charge in [0.25, 0.3) is 0 Å². The van der Waals surface area contributed by atoms with Gasteiger partial charge in [-0.2, -0.15) is 0 Å². The van der Waals surface area contributed by atoms with Gasteiger partial charge in [0.05, 0.1) is 0 Å². The van der Waals surface area contributed by atoms with Crippen molar-refractivity contribution in [2.45, 2.75) is 13.0 Å². The zero-order chi connectivity index (χ0) is 13.3. The number of aldehydes is 1. The monoisotopic (exact) mass is 250 g/mol. The first-order valence-electron chi connectivity index (χ1n) is 6.19. The topological polar surface area (TPSA) is 23.6 Å². The molecule has 0 aromatic heterocycles. The molecule has 0 spiro atoms. The number of anilines is 1. The lowest BCUT2D eigenvalue weighted by Crippen LogP contribution is -2.34. The number of likely N-dealkylation sites (N-methyl/N-ethyl adjacent to an activating group) is 1. The smallest absolute Gasteiger partial charge is 0.152 e. The number of hydrogen-bond donors (Lipinski definition) is 0. The number of nitrogens with zero attached hydrogens (tertiary/aromatic N) is 2. The van der Waals surface area contributed by atoms with Crippen LogP contribution in [0, 0.1) is 11.7 Å². The molecule has 2 atom stereocenters. The first-order valence-corrected chi connectivity index (χ1v) is 6.19. The third kappa shape index (κ3) is 2.38. The summed E-state index contributed by atoms with van der Waals surface area (Å²) in [5.41, 5.74) is 1.27. The Bertz CT molecular complexity index is 447. The fraction of sp³-hybridized carbons (Fsp3) is 0.500. The van der Waals surface area contributed by atoms with Crippen LogP contribution in [-0.4, -0.2) is 44.4 Å². The number of benzene rings is 1. The summed E-state index contributed by atoms with van der Waals surface area (Å²) in [5, 5.41) is 0. The minimum absolute atomic E-state index is 0.364. The third-order valence-electron chi connectivity index (χ3n) is 3.69. The highest BCUT2D eigenvalue weighted by Crippen LogP contribution is 2.28. The van der Waals surface area contributed by atoms with Crippen molar-refractivity contribution in [2.24, 2.45) is 5.92 Å². The van der Waals surface area contributed by atoms with E-state index in [-0.39, 0.29) is 5.82 Å². The van der Waals surface area contributed by atoms with E-state index in [2.05, 4.69) is 30.8 Å². The maximum atomic E-state index is 13.1. The zero-order valence-corrected chi connectivity index (χ0v) is 11.1. The van der Waals surface area contributed by atoms with Crippen molar-refractivity contribution in [3.05, 3.63) is 29.6 Å². The van der Waals surface area contributed by atoms with Gasteiger partial charge in [0, 0.05) is 30.4 Å². The molecule has 0 radical (unpaired) electrons. The Morgan fingerprint density at radius 2 is 2.11 bits per heavy atom. The van der Waals surface area contributed by atoms with Crippen molar-refractivity contribution in [1.82, 2.24) is 4.90 Å². The maximum Gasteiger partial charge on any atom is 0.152 e. The number of hydrogen-bond acceptors (Lipinski definition) is 3. The van der Waals surface area contributed by atoms with Crippen LogP contribution >= 0.6 is 0 Å². The van der Waals surface area contributed by atoms with E-state index in [1.165, 1.54) is 12.1 Å². The van der Waals surface area contributed by atoms with Crippen LogP contribution in [0.3, 0.4) is 0 Å². The molecule has 1 aliphatic rings. The summed E-state index contributed by atoms with van der Waals surface area (Å²) < 4.78 is 13.1. The van der Waals surface area contributed by atoms with Crippen LogP contribution in [0.25, 0.3) is 0 Å². The molecule has 1 aliphatic heterocycles. The van der Waals surface area contributed by atoms with Crippen LogP contribution in [0.4, 0.5) is 10.1 Å². The Labute approximate surface area is 107 Å². The van der Waals surface area contributed by atoms with Crippen LogP contribution < -0.4 is 4.90 Å². The lowest BCUT2D eigenvalue weighted by Gasteiger charge is -2.23. The molecule has 0 N–H and O–H groups in total. The van der Waals surface area contributed by atoms with Crippen LogP contribution in [0.1, 0.15) is 17.3 Å².